The van der Waals surface area contributed by atoms with Crippen molar-refractivity contribution < 1.29 is 18.7 Å². The summed E-state index contributed by atoms with van der Waals surface area (Å²) in [6, 6.07) is 18.0. The molecule has 2 saturated heterocycles. The van der Waals surface area contributed by atoms with Crippen LogP contribution in [0.25, 0.3) is 0 Å². The third-order valence-corrected chi connectivity index (χ3v) is 8.03. The van der Waals surface area contributed by atoms with E-state index in [0.29, 0.717) is 49.7 Å². The first-order valence-corrected chi connectivity index (χ1v) is 13.6. The number of pyridine rings is 1. The average Bonchev–Trinajstić information content (AvgIpc) is 3.43. The lowest BCUT2D eigenvalue weighted by Gasteiger charge is -2.34. The molecule has 2 amide bonds. The van der Waals surface area contributed by atoms with Gasteiger partial charge < -0.3 is 19.4 Å². The van der Waals surface area contributed by atoms with Crippen LogP contribution in [0.4, 0.5) is 14.9 Å². The Hall–Kier alpha value is -4.16. The van der Waals surface area contributed by atoms with Gasteiger partial charge in [-0.3, -0.25) is 4.79 Å². The monoisotopic (exact) mass is 561 g/mol. The van der Waals surface area contributed by atoms with Crippen LogP contribution in [0.15, 0.2) is 66.9 Å². The number of benzene rings is 2. The second-order valence-corrected chi connectivity index (χ2v) is 10.6. The molecule has 2 aliphatic heterocycles. The third-order valence-electron chi connectivity index (χ3n) is 7.77. The molecule has 0 radical (unpaired) electrons. The van der Waals surface area contributed by atoms with E-state index in [1.54, 1.807) is 19.3 Å². The molecule has 5 rings (SSSR count). The van der Waals surface area contributed by atoms with Crippen LogP contribution in [0.3, 0.4) is 0 Å². The van der Waals surface area contributed by atoms with Crippen LogP contribution in [0, 0.1) is 23.1 Å². The van der Waals surface area contributed by atoms with Gasteiger partial charge in [0.15, 0.2) is 0 Å². The van der Waals surface area contributed by atoms with Crippen LogP contribution in [-0.2, 0) is 4.79 Å². The van der Waals surface area contributed by atoms with Gasteiger partial charge in [0.25, 0.3) is 0 Å². The van der Waals surface area contributed by atoms with Crippen molar-refractivity contribution in [1.82, 2.24) is 14.8 Å². The molecule has 0 unspecified atom stereocenters. The summed E-state index contributed by atoms with van der Waals surface area (Å²) in [5, 5.41) is 9.60. The van der Waals surface area contributed by atoms with Gasteiger partial charge in [-0.25, -0.2) is 14.2 Å². The molecule has 3 heterocycles. The molecule has 40 heavy (non-hydrogen) atoms. The highest BCUT2D eigenvalue weighted by molar-refractivity contribution is 6.30. The van der Waals surface area contributed by atoms with Crippen molar-refractivity contribution in [2.45, 2.75) is 24.8 Å². The van der Waals surface area contributed by atoms with Gasteiger partial charge in [0.05, 0.1) is 17.9 Å². The quantitative estimate of drug-likeness (QED) is 0.431. The Morgan fingerprint density at radius 3 is 2.38 bits per heavy atom. The number of likely N-dealkylation sites (N-methyl/N-ethyl adjacent to an activating group) is 1. The van der Waals surface area contributed by atoms with Gasteiger partial charge >= 0.3 is 6.09 Å². The van der Waals surface area contributed by atoms with Crippen molar-refractivity contribution in [2.75, 3.05) is 38.1 Å². The molecule has 2 atom stereocenters. The average molecular weight is 562 g/mol. The van der Waals surface area contributed by atoms with Gasteiger partial charge in [-0.1, -0.05) is 23.7 Å². The van der Waals surface area contributed by atoms with E-state index in [1.165, 1.54) is 29.2 Å². The minimum absolute atomic E-state index is 0.0827. The highest BCUT2D eigenvalue weighted by atomic mass is 35.5. The predicted octanol–water partition coefficient (Wildman–Crippen LogP) is 5.09. The number of amides is 2. The number of carbonyl (C=O) groups excluding carboxylic acids is 2. The van der Waals surface area contributed by atoms with Crippen molar-refractivity contribution in [2.24, 2.45) is 5.92 Å². The van der Waals surface area contributed by atoms with E-state index in [9.17, 15) is 14.0 Å². The molecule has 0 aliphatic carbocycles. The maximum Gasteiger partial charge on any atom is 0.415 e. The molecule has 206 valence electrons. The summed E-state index contributed by atoms with van der Waals surface area (Å²) in [5.74, 6) is -0.336. The van der Waals surface area contributed by atoms with Gasteiger partial charge in [0, 0.05) is 50.1 Å². The van der Waals surface area contributed by atoms with Crippen molar-refractivity contribution in [3.63, 3.8) is 0 Å². The number of hydrogen-bond donors (Lipinski definition) is 0. The van der Waals surface area contributed by atoms with Crippen LogP contribution < -0.4 is 9.64 Å². The Balaban J connectivity index is 1.27. The molecule has 3 aromatic rings. The number of likely N-dealkylation sites (tertiary alicyclic amines) is 1. The number of ether oxygens (including phenoxy) is 1. The first-order valence-electron chi connectivity index (χ1n) is 13.2. The number of hydrogen-bond acceptors (Lipinski definition) is 6. The number of nitrogens with zero attached hydrogens (tertiary/aromatic N) is 5. The number of carbonyl (C=O) groups is 2. The molecule has 2 aliphatic rings. The molecule has 2 fully saturated rings. The standard InChI is InChI=1S/C30H29ClFN5O3/c1-35(30(39)40-26-10-6-23(32)7-11-26)28-19-37(18-27(28)20-2-4-22(31)5-3-20)29(38)21-12-14-36(15-13-21)25-9-8-24(16-33)34-17-25/h2-11,17,21,27-28H,12-15,18-19H2,1H3/t27-,28+/m0/s1. The summed E-state index contributed by atoms with van der Waals surface area (Å²) in [7, 11) is 1.66. The minimum Gasteiger partial charge on any atom is -0.410 e. The first kappa shape index (κ1) is 27.4. The van der Waals surface area contributed by atoms with E-state index in [-0.39, 0.29) is 29.5 Å². The molecule has 0 bridgehead atoms. The predicted molar refractivity (Wildman–Crippen MR) is 149 cm³/mol. The fourth-order valence-electron chi connectivity index (χ4n) is 5.49. The maximum atomic E-state index is 13.7. The fourth-order valence-corrected chi connectivity index (χ4v) is 5.62. The van der Waals surface area contributed by atoms with Gasteiger partial charge in [-0.15, -0.1) is 0 Å². The van der Waals surface area contributed by atoms with E-state index < -0.39 is 11.9 Å². The second kappa shape index (κ2) is 11.9. The fraction of sp³-hybridized carbons (Fsp3) is 0.333. The maximum absolute atomic E-state index is 13.7. The second-order valence-electron chi connectivity index (χ2n) is 10.2. The summed E-state index contributed by atoms with van der Waals surface area (Å²) in [6.07, 6.45) is 2.53. The van der Waals surface area contributed by atoms with E-state index in [0.717, 1.165) is 11.3 Å². The molecule has 0 N–H and O–H groups in total. The lowest BCUT2D eigenvalue weighted by atomic mass is 9.93. The Bertz CT molecular complexity index is 1390. The number of nitriles is 1. The van der Waals surface area contributed by atoms with Gasteiger partial charge in [0.1, 0.15) is 23.3 Å². The van der Waals surface area contributed by atoms with Crippen LogP contribution in [-0.4, -0.2) is 66.1 Å². The molecule has 2 aromatic carbocycles. The molecule has 1 aromatic heterocycles. The minimum atomic E-state index is -0.575. The van der Waals surface area contributed by atoms with Crippen LogP contribution >= 0.6 is 11.6 Å². The van der Waals surface area contributed by atoms with Gasteiger partial charge in [-0.05, 0) is 66.9 Å². The lowest BCUT2D eigenvalue weighted by Crippen LogP contribution is -2.45. The Morgan fingerprint density at radius 1 is 1.05 bits per heavy atom. The molecular weight excluding hydrogens is 533 g/mol. The van der Waals surface area contributed by atoms with Crippen molar-refractivity contribution in [3.8, 4) is 11.8 Å². The van der Waals surface area contributed by atoms with Crippen molar-refractivity contribution in [1.29, 1.82) is 5.26 Å². The molecular formula is C30H29ClFN5O3. The summed E-state index contributed by atoms with van der Waals surface area (Å²) in [5.41, 5.74) is 2.30. The molecule has 0 spiro atoms. The zero-order valence-electron chi connectivity index (χ0n) is 22.0. The SMILES string of the molecule is CN(C(=O)Oc1ccc(F)cc1)[C@@H]1CN(C(=O)C2CCN(c3ccc(C#N)nc3)CC2)C[C@H]1c1ccc(Cl)cc1. The smallest absolute Gasteiger partial charge is 0.410 e. The lowest BCUT2D eigenvalue weighted by molar-refractivity contribution is -0.135. The first-order chi connectivity index (χ1) is 19.3. The summed E-state index contributed by atoms with van der Waals surface area (Å²) < 4.78 is 18.8. The summed E-state index contributed by atoms with van der Waals surface area (Å²) in [6.45, 7) is 2.28. The van der Waals surface area contributed by atoms with E-state index in [4.69, 9.17) is 21.6 Å². The molecule has 8 nitrogen and oxygen atoms in total. The Kier molecular flexibility index (Phi) is 8.17. The number of anilines is 1. The van der Waals surface area contributed by atoms with Gasteiger partial charge in [0.2, 0.25) is 5.91 Å². The number of rotatable bonds is 5. The molecule has 0 saturated carbocycles. The number of piperidine rings is 1. The van der Waals surface area contributed by atoms with E-state index in [2.05, 4.69) is 9.88 Å². The number of aromatic nitrogens is 1. The molecule has 10 heteroatoms. The van der Waals surface area contributed by atoms with E-state index in [1.807, 2.05) is 41.3 Å². The van der Waals surface area contributed by atoms with E-state index >= 15 is 0 Å². The summed E-state index contributed by atoms with van der Waals surface area (Å²) in [4.78, 5) is 36.5. The Labute approximate surface area is 237 Å². The van der Waals surface area contributed by atoms with Crippen molar-refractivity contribution >= 4 is 29.3 Å². The Morgan fingerprint density at radius 2 is 1.75 bits per heavy atom. The normalized spacial score (nSPS) is 19.2. The zero-order valence-corrected chi connectivity index (χ0v) is 22.8. The van der Waals surface area contributed by atoms with Crippen LogP contribution in [0.1, 0.15) is 30.0 Å². The van der Waals surface area contributed by atoms with Crippen LogP contribution in [0.2, 0.25) is 5.02 Å². The highest BCUT2D eigenvalue weighted by Crippen LogP contribution is 2.34. The summed E-state index contributed by atoms with van der Waals surface area (Å²) >= 11 is 6.12. The highest BCUT2D eigenvalue weighted by Gasteiger charge is 2.42. The topological polar surface area (TPSA) is 89.8 Å². The zero-order chi connectivity index (χ0) is 28.2. The van der Waals surface area contributed by atoms with Crippen molar-refractivity contribution in [3.05, 3.63) is 89.0 Å². The largest absolute Gasteiger partial charge is 0.415 e. The number of halogens is 2. The van der Waals surface area contributed by atoms with Gasteiger partial charge in [-0.2, -0.15) is 5.26 Å². The van der Waals surface area contributed by atoms with Crippen LogP contribution in [0.5, 0.6) is 5.75 Å². The third kappa shape index (κ3) is 6.02.